The lowest BCUT2D eigenvalue weighted by atomic mass is 10.2. The summed E-state index contributed by atoms with van der Waals surface area (Å²) in [6.45, 7) is 1.45. The molecule has 0 fully saturated rings. The molecule has 72 valence electrons. The van der Waals surface area contributed by atoms with Crippen LogP contribution in [0.25, 0.3) is 10.1 Å². The highest BCUT2D eigenvalue weighted by molar-refractivity contribution is 7.21. The summed E-state index contributed by atoms with van der Waals surface area (Å²) in [5, 5.41) is 0.971. The van der Waals surface area contributed by atoms with Crippen LogP contribution in [0.1, 0.15) is 16.6 Å². The van der Waals surface area contributed by atoms with E-state index in [0.29, 0.717) is 15.3 Å². The summed E-state index contributed by atoms with van der Waals surface area (Å²) in [5.74, 6) is -0.427. The Labute approximate surface area is 89.1 Å². The van der Waals surface area contributed by atoms with E-state index in [1.54, 1.807) is 6.07 Å². The van der Waals surface area contributed by atoms with Gasteiger partial charge in [0.2, 0.25) is 0 Å². The second-order valence-corrected chi connectivity index (χ2v) is 4.37. The lowest BCUT2D eigenvalue weighted by Crippen LogP contribution is -1.86. The fourth-order valence-corrected chi connectivity index (χ4v) is 2.70. The number of ketones is 1. The van der Waals surface area contributed by atoms with Gasteiger partial charge in [0.15, 0.2) is 5.78 Å². The van der Waals surface area contributed by atoms with Gasteiger partial charge in [-0.05, 0) is 18.2 Å². The molecule has 0 radical (unpaired) electrons. The Bertz CT molecular complexity index is 518. The molecule has 0 saturated carbocycles. The molecule has 1 aromatic carbocycles. The number of carbonyl (C=O) groups is 1. The van der Waals surface area contributed by atoms with Crippen molar-refractivity contribution < 1.29 is 9.18 Å². The molecule has 2 aromatic rings. The van der Waals surface area contributed by atoms with Crippen LogP contribution in [0.3, 0.4) is 0 Å². The maximum atomic E-state index is 12.9. The van der Waals surface area contributed by atoms with E-state index >= 15 is 0 Å². The minimum absolute atomic E-state index is 0.0865. The molecule has 0 unspecified atom stereocenters. The van der Waals surface area contributed by atoms with Crippen LogP contribution in [-0.2, 0) is 0 Å². The van der Waals surface area contributed by atoms with Crippen LogP contribution in [0, 0.1) is 5.82 Å². The Morgan fingerprint density at radius 3 is 2.86 bits per heavy atom. The van der Waals surface area contributed by atoms with Crippen molar-refractivity contribution in [1.82, 2.24) is 0 Å². The molecule has 0 aliphatic heterocycles. The van der Waals surface area contributed by atoms with Gasteiger partial charge < -0.3 is 0 Å². The van der Waals surface area contributed by atoms with Gasteiger partial charge in [-0.15, -0.1) is 11.3 Å². The number of benzene rings is 1. The average molecular weight is 229 g/mol. The number of fused-ring (bicyclic) bond motifs is 1. The van der Waals surface area contributed by atoms with Crippen LogP contribution < -0.4 is 0 Å². The lowest BCUT2D eigenvalue weighted by Gasteiger charge is -1.90. The normalized spacial score (nSPS) is 10.8. The Hall–Kier alpha value is -0.930. The van der Waals surface area contributed by atoms with Crippen molar-refractivity contribution in [2.24, 2.45) is 0 Å². The summed E-state index contributed by atoms with van der Waals surface area (Å²) in [5.41, 5.74) is 0. The Balaban J connectivity index is 2.80. The van der Waals surface area contributed by atoms with E-state index in [1.807, 2.05) is 0 Å². The van der Waals surface area contributed by atoms with Crippen molar-refractivity contribution in [2.75, 3.05) is 0 Å². The third-order valence-electron chi connectivity index (χ3n) is 1.91. The quantitative estimate of drug-likeness (QED) is 0.677. The molecule has 0 amide bonds. The van der Waals surface area contributed by atoms with Gasteiger partial charge in [0.25, 0.3) is 0 Å². The van der Waals surface area contributed by atoms with E-state index in [1.165, 1.54) is 30.4 Å². The highest BCUT2D eigenvalue weighted by atomic mass is 35.5. The number of hydrogen-bond acceptors (Lipinski definition) is 2. The monoisotopic (exact) mass is 228 g/mol. The molecule has 0 atom stereocenters. The van der Waals surface area contributed by atoms with Gasteiger partial charge in [-0.2, -0.15) is 0 Å². The Kier molecular flexibility index (Phi) is 2.29. The van der Waals surface area contributed by atoms with Crippen molar-refractivity contribution in [2.45, 2.75) is 6.92 Å². The van der Waals surface area contributed by atoms with Gasteiger partial charge in [0.1, 0.15) is 5.82 Å². The highest BCUT2D eigenvalue weighted by Crippen LogP contribution is 2.35. The van der Waals surface area contributed by atoms with E-state index in [0.717, 1.165) is 4.70 Å². The molecule has 14 heavy (non-hydrogen) atoms. The smallest absolute Gasteiger partial charge is 0.171 e. The number of Topliss-reactive ketones (excluding diaryl/α,β-unsaturated/α-hetero) is 1. The number of halogens is 2. The third kappa shape index (κ3) is 1.42. The molecule has 1 heterocycles. The zero-order valence-electron chi connectivity index (χ0n) is 7.30. The first-order chi connectivity index (χ1) is 6.59. The summed E-state index contributed by atoms with van der Waals surface area (Å²) in [4.78, 5) is 11.6. The van der Waals surface area contributed by atoms with Gasteiger partial charge in [0.05, 0.1) is 9.90 Å². The number of hydrogen-bond donors (Lipinski definition) is 0. The van der Waals surface area contributed by atoms with Gasteiger partial charge in [0, 0.05) is 17.0 Å². The van der Waals surface area contributed by atoms with Crippen LogP contribution in [0.15, 0.2) is 18.2 Å². The molecular formula is C10H6ClFOS. The maximum Gasteiger partial charge on any atom is 0.171 e. The molecule has 4 heteroatoms. The first-order valence-corrected chi connectivity index (χ1v) is 5.17. The number of carbonyl (C=O) groups excluding carboxylic acids is 1. The minimum atomic E-state index is -0.340. The Morgan fingerprint density at radius 1 is 1.50 bits per heavy atom. The molecule has 0 aliphatic carbocycles. The molecule has 2 rings (SSSR count). The second kappa shape index (κ2) is 3.33. The predicted molar refractivity (Wildman–Crippen MR) is 56.8 cm³/mol. The number of rotatable bonds is 1. The molecule has 0 saturated heterocycles. The third-order valence-corrected chi connectivity index (χ3v) is 3.69. The van der Waals surface area contributed by atoms with Gasteiger partial charge in [-0.25, -0.2) is 4.39 Å². The summed E-state index contributed by atoms with van der Waals surface area (Å²) < 4.78 is 13.7. The van der Waals surface area contributed by atoms with Crippen LogP contribution in [-0.4, -0.2) is 5.78 Å². The largest absolute Gasteiger partial charge is 0.294 e. The molecule has 1 aromatic heterocycles. The van der Waals surface area contributed by atoms with Crippen molar-refractivity contribution in [3.63, 3.8) is 0 Å². The Morgan fingerprint density at radius 2 is 2.21 bits per heavy atom. The minimum Gasteiger partial charge on any atom is -0.294 e. The van der Waals surface area contributed by atoms with Crippen molar-refractivity contribution in [1.29, 1.82) is 0 Å². The van der Waals surface area contributed by atoms with Crippen LogP contribution in [0.4, 0.5) is 4.39 Å². The summed E-state index contributed by atoms with van der Waals surface area (Å²) in [6, 6.07) is 4.34. The highest BCUT2D eigenvalue weighted by Gasteiger charge is 2.13. The summed E-state index contributed by atoms with van der Waals surface area (Å²) in [7, 11) is 0. The zero-order valence-corrected chi connectivity index (χ0v) is 8.88. The fourth-order valence-electron chi connectivity index (χ4n) is 1.27. The van der Waals surface area contributed by atoms with Crippen molar-refractivity contribution in [3.05, 3.63) is 33.9 Å². The number of thiophene rings is 1. The predicted octanol–water partition coefficient (Wildman–Crippen LogP) is 3.90. The zero-order chi connectivity index (χ0) is 10.3. The summed E-state index contributed by atoms with van der Waals surface area (Å²) >= 11 is 7.24. The van der Waals surface area contributed by atoms with Crippen molar-refractivity contribution >= 4 is 38.8 Å². The second-order valence-electron chi connectivity index (χ2n) is 2.94. The van der Waals surface area contributed by atoms with E-state index in [2.05, 4.69) is 0 Å². The van der Waals surface area contributed by atoms with Gasteiger partial charge in [-0.3, -0.25) is 4.79 Å². The van der Waals surface area contributed by atoms with Crippen LogP contribution in [0.5, 0.6) is 0 Å². The van der Waals surface area contributed by atoms with E-state index in [9.17, 15) is 9.18 Å². The standard InChI is InChI=1S/C10H6ClFOS/c1-5(13)10-9(11)7-4-6(12)2-3-8(7)14-10/h2-4H,1H3. The molecular weight excluding hydrogens is 223 g/mol. The molecule has 0 aliphatic rings. The van der Waals surface area contributed by atoms with Crippen LogP contribution in [0.2, 0.25) is 5.02 Å². The van der Waals surface area contributed by atoms with E-state index < -0.39 is 0 Å². The van der Waals surface area contributed by atoms with E-state index in [-0.39, 0.29) is 11.6 Å². The van der Waals surface area contributed by atoms with E-state index in [4.69, 9.17) is 11.6 Å². The molecule has 0 N–H and O–H groups in total. The van der Waals surface area contributed by atoms with Crippen molar-refractivity contribution in [3.8, 4) is 0 Å². The topological polar surface area (TPSA) is 17.1 Å². The molecule has 1 nitrogen and oxygen atoms in total. The first kappa shape index (κ1) is 9.62. The molecule has 0 bridgehead atoms. The van der Waals surface area contributed by atoms with Crippen LogP contribution >= 0.6 is 22.9 Å². The van der Waals surface area contributed by atoms with Gasteiger partial charge >= 0.3 is 0 Å². The first-order valence-electron chi connectivity index (χ1n) is 3.98. The SMILES string of the molecule is CC(=O)c1sc2ccc(F)cc2c1Cl. The van der Waals surface area contributed by atoms with Gasteiger partial charge in [-0.1, -0.05) is 11.6 Å². The average Bonchev–Trinajstić information content (AvgIpc) is 2.44. The lowest BCUT2D eigenvalue weighted by molar-refractivity contribution is 0.102. The summed E-state index contributed by atoms with van der Waals surface area (Å²) in [6.07, 6.45) is 0. The molecule has 0 spiro atoms. The fraction of sp³-hybridized carbons (Fsp3) is 0.100. The maximum absolute atomic E-state index is 12.9.